The van der Waals surface area contributed by atoms with Crippen LogP contribution in [-0.4, -0.2) is 19.2 Å². The predicted molar refractivity (Wildman–Crippen MR) is 86.1 cm³/mol. The third-order valence-electron chi connectivity index (χ3n) is 2.61. The normalized spacial score (nSPS) is 11.0. The van der Waals surface area contributed by atoms with Gasteiger partial charge in [-0.1, -0.05) is 60.7 Å². The van der Waals surface area contributed by atoms with Gasteiger partial charge in [0.05, 0.1) is 10.7 Å². The minimum absolute atomic E-state index is 0.0605. The van der Waals surface area contributed by atoms with E-state index in [1.807, 2.05) is 42.5 Å². The molecule has 0 aliphatic carbocycles. The van der Waals surface area contributed by atoms with E-state index >= 15 is 0 Å². The monoisotopic (exact) mass is 306 g/mol. The standard InChI is InChI=1S/C14H14N2O2S2/c15-14(19)10-20(17,18)16-13-9-5-4-8-12(13)11-6-2-1-3-7-11/h1-9,16H,10H2,(H2,15,19). The van der Waals surface area contributed by atoms with Crippen LogP contribution in [0.1, 0.15) is 0 Å². The number of para-hydroxylation sites is 1. The molecular formula is C14H14N2O2S2. The van der Waals surface area contributed by atoms with Gasteiger partial charge in [0, 0.05) is 5.56 Å². The second-order valence-corrected chi connectivity index (χ2v) is 6.49. The average molecular weight is 306 g/mol. The summed E-state index contributed by atoms with van der Waals surface area (Å²) in [4.78, 5) is -0.0605. The molecule has 0 saturated heterocycles. The highest BCUT2D eigenvalue weighted by molar-refractivity contribution is 7.95. The first-order chi connectivity index (χ1) is 9.48. The molecule has 104 valence electrons. The molecule has 0 aromatic heterocycles. The molecule has 0 saturated carbocycles. The van der Waals surface area contributed by atoms with Crippen molar-refractivity contribution < 1.29 is 8.42 Å². The number of sulfonamides is 1. The quantitative estimate of drug-likeness (QED) is 0.832. The van der Waals surface area contributed by atoms with Crippen LogP contribution in [0.2, 0.25) is 0 Å². The number of thiocarbonyl (C=S) groups is 1. The van der Waals surface area contributed by atoms with Crippen molar-refractivity contribution in [2.24, 2.45) is 5.73 Å². The molecule has 0 aliphatic rings. The lowest BCUT2D eigenvalue weighted by Crippen LogP contribution is -2.26. The van der Waals surface area contributed by atoms with Gasteiger partial charge >= 0.3 is 0 Å². The fourth-order valence-electron chi connectivity index (χ4n) is 1.83. The number of hydrogen-bond acceptors (Lipinski definition) is 3. The second kappa shape index (κ2) is 6.02. The van der Waals surface area contributed by atoms with E-state index in [1.54, 1.807) is 12.1 Å². The van der Waals surface area contributed by atoms with Crippen molar-refractivity contribution in [3.8, 4) is 11.1 Å². The lowest BCUT2D eigenvalue weighted by molar-refractivity contribution is 0.605. The molecule has 0 unspecified atom stereocenters. The fraction of sp³-hybridized carbons (Fsp3) is 0.0714. The first-order valence-corrected chi connectivity index (χ1v) is 7.97. The van der Waals surface area contributed by atoms with Gasteiger partial charge in [0.15, 0.2) is 0 Å². The zero-order chi connectivity index (χ0) is 14.6. The molecule has 0 amide bonds. The Balaban J connectivity index is 2.37. The number of anilines is 1. The van der Waals surface area contributed by atoms with E-state index in [-0.39, 0.29) is 10.7 Å². The van der Waals surface area contributed by atoms with Gasteiger partial charge in [0.1, 0.15) is 5.75 Å². The van der Waals surface area contributed by atoms with Gasteiger partial charge in [0.25, 0.3) is 0 Å². The fourth-order valence-corrected chi connectivity index (χ4v) is 3.26. The van der Waals surface area contributed by atoms with Gasteiger partial charge in [-0.2, -0.15) is 0 Å². The van der Waals surface area contributed by atoms with Crippen LogP contribution in [-0.2, 0) is 10.0 Å². The number of nitrogens with one attached hydrogen (secondary N) is 1. The zero-order valence-electron chi connectivity index (χ0n) is 10.6. The molecule has 3 N–H and O–H groups in total. The lowest BCUT2D eigenvalue weighted by atomic mass is 10.0. The first-order valence-electron chi connectivity index (χ1n) is 5.91. The summed E-state index contributed by atoms with van der Waals surface area (Å²) in [5.74, 6) is -0.370. The van der Waals surface area contributed by atoms with Gasteiger partial charge in [-0.15, -0.1) is 0 Å². The van der Waals surface area contributed by atoms with Crippen LogP contribution < -0.4 is 10.5 Å². The lowest BCUT2D eigenvalue weighted by Gasteiger charge is -2.12. The number of benzene rings is 2. The van der Waals surface area contributed by atoms with Crippen LogP contribution in [0.15, 0.2) is 54.6 Å². The van der Waals surface area contributed by atoms with Crippen LogP contribution in [0.25, 0.3) is 11.1 Å². The molecule has 0 aliphatic heterocycles. The molecule has 2 aromatic rings. The van der Waals surface area contributed by atoms with Crippen LogP contribution in [0.4, 0.5) is 5.69 Å². The molecule has 4 nitrogen and oxygen atoms in total. The van der Waals surface area contributed by atoms with E-state index in [0.29, 0.717) is 5.69 Å². The number of nitrogens with two attached hydrogens (primary N) is 1. The minimum atomic E-state index is -3.58. The molecule has 6 heteroatoms. The van der Waals surface area contributed by atoms with Crippen molar-refractivity contribution in [1.29, 1.82) is 0 Å². The maximum absolute atomic E-state index is 11.9. The van der Waals surface area contributed by atoms with Crippen molar-refractivity contribution in [1.82, 2.24) is 0 Å². The van der Waals surface area contributed by atoms with Crippen molar-refractivity contribution in [2.75, 3.05) is 10.5 Å². The second-order valence-electron chi connectivity index (χ2n) is 4.24. The molecule has 0 spiro atoms. The van der Waals surface area contributed by atoms with Crippen LogP contribution in [0.3, 0.4) is 0 Å². The largest absolute Gasteiger partial charge is 0.392 e. The van der Waals surface area contributed by atoms with Crippen LogP contribution in [0, 0.1) is 0 Å². The van der Waals surface area contributed by atoms with Gasteiger partial charge in [-0.05, 0) is 11.6 Å². The topological polar surface area (TPSA) is 72.2 Å². The van der Waals surface area contributed by atoms with Gasteiger partial charge < -0.3 is 5.73 Å². The molecule has 0 fully saturated rings. The summed E-state index contributed by atoms with van der Waals surface area (Å²) < 4.78 is 26.4. The van der Waals surface area contributed by atoms with Crippen molar-refractivity contribution in [3.05, 3.63) is 54.6 Å². The smallest absolute Gasteiger partial charge is 0.239 e. The molecule has 2 aromatic carbocycles. The van der Waals surface area contributed by atoms with E-state index in [4.69, 9.17) is 5.73 Å². The van der Waals surface area contributed by atoms with Crippen molar-refractivity contribution in [3.63, 3.8) is 0 Å². The first kappa shape index (κ1) is 14.5. The molecule has 0 heterocycles. The van der Waals surface area contributed by atoms with E-state index < -0.39 is 10.0 Å². The van der Waals surface area contributed by atoms with Crippen LogP contribution >= 0.6 is 12.2 Å². The van der Waals surface area contributed by atoms with E-state index in [0.717, 1.165) is 11.1 Å². The zero-order valence-corrected chi connectivity index (χ0v) is 12.2. The Kier molecular flexibility index (Phi) is 4.36. The third kappa shape index (κ3) is 3.79. The summed E-state index contributed by atoms with van der Waals surface area (Å²) in [6.07, 6.45) is 0. The summed E-state index contributed by atoms with van der Waals surface area (Å²) in [6, 6.07) is 16.7. The predicted octanol–water partition coefficient (Wildman–Crippen LogP) is 2.38. The highest BCUT2D eigenvalue weighted by atomic mass is 32.2. The Labute approximate surface area is 123 Å². The maximum atomic E-state index is 11.9. The SMILES string of the molecule is NC(=S)CS(=O)(=O)Nc1ccccc1-c1ccccc1. The summed E-state index contributed by atoms with van der Waals surface area (Å²) in [5.41, 5.74) is 7.54. The molecule has 0 radical (unpaired) electrons. The average Bonchev–Trinajstić information content (AvgIpc) is 2.38. The number of hydrogen-bond donors (Lipinski definition) is 2. The van der Waals surface area contributed by atoms with Gasteiger partial charge in [-0.3, -0.25) is 4.72 Å². The Bertz CT molecular complexity index is 713. The molecule has 0 atom stereocenters. The van der Waals surface area contributed by atoms with Gasteiger partial charge in [-0.25, -0.2) is 8.42 Å². The molecular weight excluding hydrogens is 292 g/mol. The van der Waals surface area contributed by atoms with E-state index in [1.165, 1.54) is 0 Å². The highest BCUT2D eigenvalue weighted by Crippen LogP contribution is 2.28. The van der Waals surface area contributed by atoms with Crippen molar-refractivity contribution >= 4 is 32.9 Å². The Morgan fingerprint density at radius 2 is 1.65 bits per heavy atom. The molecule has 2 rings (SSSR count). The summed E-state index contributed by atoms with van der Waals surface area (Å²) in [5, 5.41) is 0. The van der Waals surface area contributed by atoms with Crippen LogP contribution in [0.5, 0.6) is 0 Å². The minimum Gasteiger partial charge on any atom is -0.392 e. The Morgan fingerprint density at radius 3 is 2.30 bits per heavy atom. The molecule has 0 bridgehead atoms. The summed E-state index contributed by atoms with van der Waals surface area (Å²) in [6.45, 7) is 0. The summed E-state index contributed by atoms with van der Waals surface area (Å²) in [7, 11) is -3.58. The van der Waals surface area contributed by atoms with Gasteiger partial charge in [0.2, 0.25) is 10.0 Å². The van der Waals surface area contributed by atoms with E-state index in [9.17, 15) is 8.42 Å². The van der Waals surface area contributed by atoms with Crippen molar-refractivity contribution in [2.45, 2.75) is 0 Å². The third-order valence-corrected chi connectivity index (χ3v) is 4.16. The highest BCUT2D eigenvalue weighted by Gasteiger charge is 2.14. The molecule has 20 heavy (non-hydrogen) atoms. The Hall–Kier alpha value is -1.92. The maximum Gasteiger partial charge on any atom is 0.239 e. The number of rotatable bonds is 5. The summed E-state index contributed by atoms with van der Waals surface area (Å²) >= 11 is 4.64. The van der Waals surface area contributed by atoms with E-state index in [2.05, 4.69) is 16.9 Å². The Morgan fingerprint density at radius 1 is 1.05 bits per heavy atom.